The van der Waals surface area contributed by atoms with E-state index in [9.17, 15) is 13.2 Å². The van der Waals surface area contributed by atoms with Crippen LogP contribution in [0.2, 0.25) is 0 Å². The van der Waals surface area contributed by atoms with Gasteiger partial charge in [0.2, 0.25) is 10.0 Å². The van der Waals surface area contributed by atoms with E-state index >= 15 is 0 Å². The molecular weight excluding hydrogens is 518 g/mol. The maximum Gasteiger partial charge on any atom is 0.324 e. The minimum atomic E-state index is -3.79. The average molecular weight is 550 g/mol. The van der Waals surface area contributed by atoms with Crippen LogP contribution in [0.5, 0.6) is 0 Å². The Morgan fingerprint density at radius 3 is 2.23 bits per heavy atom. The van der Waals surface area contributed by atoms with Crippen LogP contribution in [0.4, 0.5) is 0 Å². The van der Waals surface area contributed by atoms with Crippen molar-refractivity contribution in [3.63, 3.8) is 0 Å². The third kappa shape index (κ3) is 5.41. The first-order valence-electron chi connectivity index (χ1n) is 13.1. The van der Waals surface area contributed by atoms with Crippen molar-refractivity contribution in [2.45, 2.75) is 23.2 Å². The zero-order valence-corrected chi connectivity index (χ0v) is 23.3. The molecule has 2 aliphatic carbocycles. The summed E-state index contributed by atoms with van der Waals surface area (Å²) < 4.78 is 34.9. The zero-order valence-electron chi connectivity index (χ0n) is 22.5. The summed E-state index contributed by atoms with van der Waals surface area (Å²) in [6.45, 7) is 2.01. The van der Waals surface area contributed by atoms with Crippen LogP contribution in [0, 0.1) is 6.92 Å². The van der Waals surface area contributed by atoms with Crippen molar-refractivity contribution in [3.8, 4) is 0 Å². The number of carbonyl (C=O) groups excluding carboxylic acids is 1. The fourth-order valence-electron chi connectivity index (χ4n) is 5.22. The third-order valence-corrected chi connectivity index (χ3v) is 8.75. The number of methoxy groups -OCH3 is 1. The first-order chi connectivity index (χ1) is 19.3. The zero-order chi connectivity index (χ0) is 28.2. The van der Waals surface area contributed by atoms with E-state index < -0.39 is 27.3 Å². The number of hydrogen-bond donors (Lipinski definition) is 1. The lowest BCUT2D eigenvalue weighted by atomic mass is 9.68. The number of fused-ring (bicyclic) bond motifs is 1. The molecule has 5 nitrogen and oxygen atoms in total. The molecule has 0 aromatic heterocycles. The summed E-state index contributed by atoms with van der Waals surface area (Å²) in [7, 11) is -2.40. The van der Waals surface area contributed by atoms with Gasteiger partial charge in [-0.2, -0.15) is 0 Å². The van der Waals surface area contributed by atoms with E-state index in [-0.39, 0.29) is 11.4 Å². The molecule has 2 unspecified atom stereocenters. The van der Waals surface area contributed by atoms with Gasteiger partial charge in [-0.25, -0.2) is 13.1 Å². The molecule has 2 atom stereocenters. The van der Waals surface area contributed by atoms with Gasteiger partial charge >= 0.3 is 5.97 Å². The molecule has 0 heterocycles. The molecule has 3 aromatic rings. The van der Waals surface area contributed by atoms with Crippen molar-refractivity contribution in [1.82, 2.24) is 4.72 Å². The smallest absolute Gasteiger partial charge is 0.324 e. The number of carbonyl (C=O) groups is 1. The van der Waals surface area contributed by atoms with Crippen LogP contribution in [0.1, 0.15) is 22.6 Å². The number of sulfonamides is 1. The van der Waals surface area contributed by atoms with Crippen molar-refractivity contribution < 1.29 is 17.9 Å². The first-order valence-corrected chi connectivity index (χ1v) is 14.6. The van der Waals surface area contributed by atoms with E-state index in [1.165, 1.54) is 7.11 Å². The summed E-state index contributed by atoms with van der Waals surface area (Å²) in [5, 5.41) is 0. The minimum absolute atomic E-state index is 0.0934. The summed E-state index contributed by atoms with van der Waals surface area (Å²) in [5.74, 6) is -0.815. The predicted octanol–water partition coefficient (Wildman–Crippen LogP) is 6.09. The summed E-state index contributed by atoms with van der Waals surface area (Å²) in [4.78, 5) is 13.8. The molecule has 2 aliphatic rings. The van der Waals surface area contributed by atoms with E-state index in [1.807, 2.05) is 110 Å². The predicted molar refractivity (Wildman–Crippen MR) is 158 cm³/mol. The monoisotopic (exact) mass is 549 g/mol. The summed E-state index contributed by atoms with van der Waals surface area (Å²) in [6, 6.07) is 26.1. The lowest BCUT2D eigenvalue weighted by molar-refractivity contribution is -0.144. The van der Waals surface area contributed by atoms with Crippen LogP contribution in [0.25, 0.3) is 0 Å². The Morgan fingerprint density at radius 2 is 1.55 bits per heavy atom. The highest BCUT2D eigenvalue weighted by molar-refractivity contribution is 7.89. The highest BCUT2D eigenvalue weighted by Crippen LogP contribution is 2.45. The first kappa shape index (κ1) is 27.3. The van der Waals surface area contributed by atoms with Crippen molar-refractivity contribution in [1.29, 1.82) is 0 Å². The van der Waals surface area contributed by atoms with E-state index in [0.29, 0.717) is 0 Å². The Kier molecular flexibility index (Phi) is 7.83. The summed E-state index contributed by atoms with van der Waals surface area (Å²) in [6.07, 6.45) is 13.7. The van der Waals surface area contributed by atoms with Gasteiger partial charge in [0, 0.05) is 12.5 Å². The highest BCUT2D eigenvalue weighted by Gasteiger charge is 2.42. The maximum absolute atomic E-state index is 13.6. The Hall–Kier alpha value is -4.26. The number of benzene rings is 3. The van der Waals surface area contributed by atoms with E-state index in [4.69, 9.17) is 4.74 Å². The van der Waals surface area contributed by atoms with Crippen LogP contribution >= 0.6 is 0 Å². The molecule has 40 heavy (non-hydrogen) atoms. The molecule has 0 spiro atoms. The second-order valence-electron chi connectivity index (χ2n) is 9.88. The fourth-order valence-corrected chi connectivity index (χ4v) is 6.27. The average Bonchev–Trinajstić information content (AvgIpc) is 3.23. The topological polar surface area (TPSA) is 72.5 Å². The van der Waals surface area contributed by atoms with Gasteiger partial charge in [-0.05, 0) is 46.9 Å². The Labute approximate surface area is 236 Å². The standard InChI is InChI=1S/C34H31NO4S/c1-25-18-20-29(21-19-25)40(37,38)35-24-32(26-12-6-3-7-13-26)31-23-34(33(36)39-2,28-15-9-5-10-16-28)22-27-14-8-4-11-17-30(27)31/h3-23,32,35H,24H2,1-2H3. The van der Waals surface area contributed by atoms with Gasteiger partial charge in [-0.15, -0.1) is 0 Å². The van der Waals surface area contributed by atoms with Crippen LogP contribution in [-0.2, 0) is 25.0 Å². The molecule has 5 rings (SSSR count). The number of ether oxygens (including phenoxy) is 1. The van der Waals surface area contributed by atoms with Crippen molar-refractivity contribution in [2.24, 2.45) is 0 Å². The Bertz CT molecular complexity index is 1650. The minimum Gasteiger partial charge on any atom is -0.468 e. The van der Waals surface area contributed by atoms with E-state index in [2.05, 4.69) is 4.72 Å². The summed E-state index contributed by atoms with van der Waals surface area (Å²) in [5.41, 5.74) is 4.09. The van der Waals surface area contributed by atoms with Gasteiger partial charge in [0.15, 0.2) is 0 Å². The molecule has 6 heteroatoms. The number of allylic oxidation sites excluding steroid dienone is 7. The number of hydrogen-bond acceptors (Lipinski definition) is 4. The van der Waals surface area contributed by atoms with Gasteiger partial charge in [0.05, 0.1) is 12.0 Å². The van der Waals surface area contributed by atoms with Gasteiger partial charge in [-0.1, -0.05) is 121 Å². The molecule has 0 radical (unpaired) electrons. The fraction of sp³-hybridized carbons (Fsp3) is 0.147. The maximum atomic E-state index is 13.6. The largest absolute Gasteiger partial charge is 0.468 e. The van der Waals surface area contributed by atoms with Crippen molar-refractivity contribution >= 4 is 16.0 Å². The molecule has 0 aliphatic heterocycles. The normalized spacial score (nSPS) is 19.0. The third-order valence-electron chi connectivity index (χ3n) is 7.31. The van der Waals surface area contributed by atoms with Gasteiger partial charge < -0.3 is 4.74 Å². The molecule has 0 saturated heterocycles. The molecule has 0 saturated carbocycles. The molecule has 0 fully saturated rings. The van der Waals surface area contributed by atoms with Crippen molar-refractivity contribution in [3.05, 3.63) is 161 Å². The molecule has 0 amide bonds. The molecule has 0 bridgehead atoms. The van der Waals surface area contributed by atoms with Crippen LogP contribution in [0.15, 0.2) is 149 Å². The van der Waals surface area contributed by atoms with E-state index in [1.54, 1.807) is 24.3 Å². The number of rotatable bonds is 8. The van der Waals surface area contributed by atoms with Crippen LogP contribution < -0.4 is 4.72 Å². The van der Waals surface area contributed by atoms with Gasteiger partial charge in [0.1, 0.15) is 5.41 Å². The molecular formula is C34H31NO4S. The molecule has 3 aromatic carbocycles. The lowest BCUT2D eigenvalue weighted by Crippen LogP contribution is -2.37. The van der Waals surface area contributed by atoms with Gasteiger partial charge in [-0.3, -0.25) is 4.79 Å². The SMILES string of the molecule is COC(=O)C1(c2ccccc2)C=C2C=CC=CC=C2C(C(CNS(=O)(=O)c2ccc(C)cc2)c2ccccc2)=C1. The van der Waals surface area contributed by atoms with Crippen molar-refractivity contribution in [2.75, 3.05) is 13.7 Å². The van der Waals surface area contributed by atoms with Crippen LogP contribution in [0.3, 0.4) is 0 Å². The quantitative estimate of drug-likeness (QED) is 0.345. The highest BCUT2D eigenvalue weighted by atomic mass is 32.2. The molecule has 202 valence electrons. The summed E-state index contributed by atoms with van der Waals surface area (Å²) >= 11 is 0. The lowest BCUT2D eigenvalue weighted by Gasteiger charge is -2.35. The van der Waals surface area contributed by atoms with Gasteiger partial charge in [0.25, 0.3) is 0 Å². The number of esters is 1. The number of aryl methyl sites for hydroxylation is 1. The Balaban J connectivity index is 1.67. The molecule has 1 N–H and O–H groups in total. The Morgan fingerprint density at radius 1 is 0.875 bits per heavy atom. The van der Waals surface area contributed by atoms with Crippen LogP contribution in [-0.4, -0.2) is 28.0 Å². The second-order valence-corrected chi connectivity index (χ2v) is 11.6. The number of nitrogens with one attached hydrogen (secondary N) is 1. The second kappa shape index (κ2) is 11.5. The van der Waals surface area contributed by atoms with E-state index in [0.717, 1.165) is 33.4 Å².